The molecule has 2 rings (SSSR count). The van der Waals surface area contributed by atoms with Gasteiger partial charge in [-0.05, 0) is 12.5 Å². The highest BCUT2D eigenvalue weighted by molar-refractivity contribution is 7.89. The summed E-state index contributed by atoms with van der Waals surface area (Å²) in [7, 11) is -3.66. The van der Waals surface area contributed by atoms with Gasteiger partial charge in [-0.1, -0.05) is 0 Å². The van der Waals surface area contributed by atoms with Gasteiger partial charge in [0.1, 0.15) is 5.75 Å². The lowest BCUT2D eigenvalue weighted by atomic mass is 9.95. The van der Waals surface area contributed by atoms with Gasteiger partial charge in [-0.3, -0.25) is 0 Å². The molecule has 0 fully saturated rings. The van der Waals surface area contributed by atoms with Crippen molar-refractivity contribution in [1.29, 1.82) is 0 Å². The highest BCUT2D eigenvalue weighted by Gasteiger charge is 2.26. The SMILES string of the molecule is NS(=O)(=O)C[C@H]1CCOc2cc(F)c(F)cc21. The maximum Gasteiger partial charge on any atom is 0.209 e. The standard InChI is InChI=1S/C10H11F2NO3S/c11-8-3-7-6(5-17(13,14)15)1-2-16-10(7)4-9(8)12/h3-4,6H,1-2,5H2,(H2,13,14,15)/t6-/m1/s1. The maximum absolute atomic E-state index is 13.1. The number of hydrogen-bond acceptors (Lipinski definition) is 3. The summed E-state index contributed by atoms with van der Waals surface area (Å²) in [4.78, 5) is 0. The highest BCUT2D eigenvalue weighted by atomic mass is 32.2. The lowest BCUT2D eigenvalue weighted by Crippen LogP contribution is -2.26. The molecule has 1 aliphatic heterocycles. The van der Waals surface area contributed by atoms with Crippen LogP contribution in [0.4, 0.5) is 8.78 Å². The van der Waals surface area contributed by atoms with Gasteiger partial charge in [0.2, 0.25) is 10.0 Å². The van der Waals surface area contributed by atoms with Crippen LogP contribution in [0.5, 0.6) is 5.75 Å². The first kappa shape index (κ1) is 12.3. The molecule has 0 spiro atoms. The number of primary sulfonamides is 1. The van der Waals surface area contributed by atoms with E-state index in [0.717, 1.165) is 12.1 Å². The summed E-state index contributed by atoms with van der Waals surface area (Å²) in [6, 6.07) is 1.90. The Morgan fingerprint density at radius 3 is 2.65 bits per heavy atom. The zero-order chi connectivity index (χ0) is 12.6. The molecule has 17 heavy (non-hydrogen) atoms. The molecule has 0 amide bonds. The van der Waals surface area contributed by atoms with Crippen LogP contribution in [-0.2, 0) is 10.0 Å². The third-order valence-electron chi connectivity index (χ3n) is 2.65. The van der Waals surface area contributed by atoms with Crippen LogP contribution in [0.25, 0.3) is 0 Å². The van der Waals surface area contributed by atoms with E-state index in [0.29, 0.717) is 12.0 Å². The summed E-state index contributed by atoms with van der Waals surface area (Å²) in [5, 5.41) is 4.95. The lowest BCUT2D eigenvalue weighted by molar-refractivity contribution is 0.269. The van der Waals surface area contributed by atoms with Gasteiger partial charge in [0.05, 0.1) is 12.4 Å². The van der Waals surface area contributed by atoms with E-state index in [-0.39, 0.29) is 18.1 Å². The van der Waals surface area contributed by atoms with Gasteiger partial charge in [0.25, 0.3) is 0 Å². The fourth-order valence-corrected chi connectivity index (χ4v) is 2.82. The molecule has 2 N–H and O–H groups in total. The average Bonchev–Trinajstić information content (AvgIpc) is 2.19. The molecular formula is C10H11F2NO3S. The Labute approximate surface area is 97.4 Å². The normalized spacial score (nSPS) is 19.6. The Morgan fingerprint density at radius 2 is 2.00 bits per heavy atom. The van der Waals surface area contributed by atoms with Crippen LogP contribution in [0.2, 0.25) is 0 Å². The summed E-state index contributed by atoms with van der Waals surface area (Å²) in [6.45, 7) is 0.262. The van der Waals surface area contributed by atoms with Crippen LogP contribution in [0.15, 0.2) is 12.1 Å². The van der Waals surface area contributed by atoms with E-state index in [1.807, 2.05) is 0 Å². The highest BCUT2D eigenvalue weighted by Crippen LogP contribution is 2.35. The van der Waals surface area contributed by atoms with Crippen LogP contribution >= 0.6 is 0 Å². The molecule has 1 aliphatic rings. The molecule has 0 aliphatic carbocycles. The van der Waals surface area contributed by atoms with Gasteiger partial charge in [0, 0.05) is 17.5 Å². The molecule has 1 aromatic rings. The Morgan fingerprint density at radius 1 is 1.35 bits per heavy atom. The summed E-state index contributed by atoms with van der Waals surface area (Å²) < 4.78 is 53.3. The zero-order valence-corrected chi connectivity index (χ0v) is 9.64. The Hall–Kier alpha value is -1.21. The molecule has 0 saturated carbocycles. The molecule has 0 radical (unpaired) electrons. The molecule has 94 valence electrons. The quantitative estimate of drug-likeness (QED) is 0.869. The van der Waals surface area contributed by atoms with E-state index >= 15 is 0 Å². The smallest absolute Gasteiger partial charge is 0.209 e. The minimum atomic E-state index is -3.66. The molecule has 0 unspecified atom stereocenters. The third kappa shape index (κ3) is 2.73. The second-order valence-electron chi connectivity index (χ2n) is 3.97. The van der Waals surface area contributed by atoms with Crippen molar-refractivity contribution in [2.75, 3.05) is 12.4 Å². The molecular weight excluding hydrogens is 252 g/mol. The maximum atomic E-state index is 13.1. The number of ether oxygens (including phenoxy) is 1. The third-order valence-corrected chi connectivity index (χ3v) is 3.52. The number of nitrogens with two attached hydrogens (primary N) is 1. The van der Waals surface area contributed by atoms with Crippen LogP contribution in [0.3, 0.4) is 0 Å². The second-order valence-corrected chi connectivity index (χ2v) is 5.63. The van der Waals surface area contributed by atoms with E-state index < -0.39 is 27.6 Å². The van der Waals surface area contributed by atoms with Gasteiger partial charge in [-0.25, -0.2) is 22.3 Å². The second kappa shape index (κ2) is 4.23. The molecule has 4 nitrogen and oxygen atoms in total. The van der Waals surface area contributed by atoms with Gasteiger partial charge in [-0.15, -0.1) is 0 Å². The van der Waals surface area contributed by atoms with Gasteiger partial charge in [0.15, 0.2) is 11.6 Å². The summed E-state index contributed by atoms with van der Waals surface area (Å²) >= 11 is 0. The minimum absolute atomic E-state index is 0.184. The molecule has 0 saturated heterocycles. The van der Waals surface area contributed by atoms with Crippen LogP contribution in [0.1, 0.15) is 17.9 Å². The zero-order valence-electron chi connectivity index (χ0n) is 8.82. The molecule has 1 heterocycles. The van der Waals surface area contributed by atoms with Gasteiger partial charge < -0.3 is 4.74 Å². The summed E-state index contributed by atoms with van der Waals surface area (Å²) in [5.41, 5.74) is 0.351. The van der Waals surface area contributed by atoms with Crippen molar-refractivity contribution in [1.82, 2.24) is 0 Å². The molecule has 1 atom stereocenters. The molecule has 1 aromatic carbocycles. The number of rotatable bonds is 2. The van der Waals surface area contributed by atoms with Crippen molar-refractivity contribution in [3.8, 4) is 5.75 Å². The van der Waals surface area contributed by atoms with Crippen molar-refractivity contribution in [3.05, 3.63) is 29.3 Å². The van der Waals surface area contributed by atoms with Crippen LogP contribution < -0.4 is 9.88 Å². The first-order chi connectivity index (χ1) is 7.87. The predicted octanol–water partition coefficient (Wildman–Crippen LogP) is 1.12. The van der Waals surface area contributed by atoms with Crippen LogP contribution in [-0.4, -0.2) is 20.8 Å². The fourth-order valence-electron chi connectivity index (χ4n) is 1.91. The monoisotopic (exact) mass is 263 g/mol. The van der Waals surface area contributed by atoms with Gasteiger partial charge in [-0.2, -0.15) is 0 Å². The van der Waals surface area contributed by atoms with E-state index in [9.17, 15) is 17.2 Å². The van der Waals surface area contributed by atoms with Gasteiger partial charge >= 0.3 is 0 Å². The van der Waals surface area contributed by atoms with Crippen LogP contribution in [0, 0.1) is 11.6 Å². The van der Waals surface area contributed by atoms with E-state index in [4.69, 9.17) is 9.88 Å². The van der Waals surface area contributed by atoms with Crippen molar-refractivity contribution < 1.29 is 21.9 Å². The Kier molecular flexibility index (Phi) is 3.05. The minimum Gasteiger partial charge on any atom is -0.493 e. The van der Waals surface area contributed by atoms with E-state index in [1.54, 1.807) is 0 Å². The molecule has 7 heteroatoms. The first-order valence-corrected chi connectivity index (χ1v) is 6.70. The number of hydrogen-bond donors (Lipinski definition) is 1. The molecule has 0 bridgehead atoms. The molecule has 0 aromatic heterocycles. The van der Waals surface area contributed by atoms with Crippen molar-refractivity contribution in [2.45, 2.75) is 12.3 Å². The number of fused-ring (bicyclic) bond motifs is 1. The Balaban J connectivity index is 2.40. The van der Waals surface area contributed by atoms with E-state index in [2.05, 4.69) is 0 Å². The lowest BCUT2D eigenvalue weighted by Gasteiger charge is -2.25. The van der Waals surface area contributed by atoms with Crippen molar-refractivity contribution >= 4 is 10.0 Å². The van der Waals surface area contributed by atoms with E-state index in [1.165, 1.54) is 0 Å². The largest absolute Gasteiger partial charge is 0.493 e. The van der Waals surface area contributed by atoms with Crippen molar-refractivity contribution in [2.24, 2.45) is 5.14 Å². The van der Waals surface area contributed by atoms with Crippen molar-refractivity contribution in [3.63, 3.8) is 0 Å². The summed E-state index contributed by atoms with van der Waals surface area (Å²) in [5.74, 6) is -2.60. The average molecular weight is 263 g/mol. The number of sulfonamides is 1. The summed E-state index contributed by atoms with van der Waals surface area (Å²) in [6.07, 6.45) is 0.411. The number of halogens is 2. The first-order valence-electron chi connectivity index (χ1n) is 4.99. The predicted molar refractivity (Wildman–Crippen MR) is 57.2 cm³/mol. The Bertz CT molecular complexity index is 545. The topological polar surface area (TPSA) is 69.4 Å². The number of benzene rings is 1. The fraction of sp³-hybridized carbons (Fsp3) is 0.400.